The highest BCUT2D eigenvalue weighted by atomic mass is 16.6. The highest BCUT2D eigenvalue weighted by Crippen LogP contribution is 2.22. The minimum absolute atomic E-state index is 0.0775. The summed E-state index contributed by atoms with van der Waals surface area (Å²) in [7, 11) is 1.57. The van der Waals surface area contributed by atoms with E-state index in [4.69, 9.17) is 14.2 Å². The van der Waals surface area contributed by atoms with E-state index in [0.717, 1.165) is 0 Å². The lowest BCUT2D eigenvalue weighted by Gasteiger charge is -2.09. The van der Waals surface area contributed by atoms with E-state index in [-0.39, 0.29) is 18.5 Å². The van der Waals surface area contributed by atoms with Crippen LogP contribution in [-0.4, -0.2) is 32.4 Å². The lowest BCUT2D eigenvalue weighted by atomic mass is 10.0. The van der Waals surface area contributed by atoms with E-state index in [1.54, 1.807) is 31.4 Å². The lowest BCUT2D eigenvalue weighted by molar-refractivity contribution is -0.135. The summed E-state index contributed by atoms with van der Waals surface area (Å²) in [6.45, 7) is 4.16. The van der Waals surface area contributed by atoms with Crippen LogP contribution >= 0.6 is 0 Å². The number of cyclic esters (lactones) is 1. The molecule has 0 radical (unpaired) electrons. The minimum Gasteiger partial charge on any atom is -0.497 e. The van der Waals surface area contributed by atoms with Crippen LogP contribution < -0.4 is 10.1 Å². The van der Waals surface area contributed by atoms with Crippen molar-refractivity contribution < 1.29 is 23.8 Å². The van der Waals surface area contributed by atoms with Crippen LogP contribution in [0.1, 0.15) is 6.42 Å². The van der Waals surface area contributed by atoms with Crippen molar-refractivity contribution in [1.29, 1.82) is 0 Å². The Morgan fingerprint density at radius 1 is 1.43 bits per heavy atom. The number of carbonyl (C=O) groups excluding carboxylic acids is 2. The number of rotatable bonds is 5. The van der Waals surface area contributed by atoms with Crippen LogP contribution in [0.15, 0.2) is 36.4 Å². The second-order valence-corrected chi connectivity index (χ2v) is 4.60. The summed E-state index contributed by atoms with van der Waals surface area (Å²) in [6, 6.07) is 6.90. The summed E-state index contributed by atoms with van der Waals surface area (Å²) in [5, 5.41) is 2.60. The van der Waals surface area contributed by atoms with Crippen molar-refractivity contribution in [2.75, 3.05) is 25.6 Å². The number of nitrogens with one attached hydrogen (secondary N) is 1. The maximum atomic E-state index is 11.6. The van der Waals surface area contributed by atoms with Crippen LogP contribution in [0.4, 0.5) is 10.5 Å². The molecule has 1 saturated heterocycles. The maximum absolute atomic E-state index is 11.6. The van der Waals surface area contributed by atoms with Gasteiger partial charge in [0.1, 0.15) is 5.75 Å². The number of esters is 1. The molecule has 6 nitrogen and oxygen atoms in total. The van der Waals surface area contributed by atoms with Gasteiger partial charge in [0.25, 0.3) is 0 Å². The highest BCUT2D eigenvalue weighted by Gasteiger charge is 2.28. The van der Waals surface area contributed by atoms with Gasteiger partial charge in [0, 0.05) is 17.2 Å². The molecule has 1 aliphatic rings. The Labute approximate surface area is 122 Å². The number of methoxy groups -OCH3 is 1. The van der Waals surface area contributed by atoms with Gasteiger partial charge in [-0.3, -0.25) is 5.32 Å². The summed E-state index contributed by atoms with van der Waals surface area (Å²) in [5.74, 6) is 0.257. The molecule has 2 rings (SSSR count). The number of hydrogen-bond acceptors (Lipinski definition) is 5. The van der Waals surface area contributed by atoms with E-state index in [1.807, 2.05) is 0 Å². The molecule has 0 unspecified atom stereocenters. The summed E-state index contributed by atoms with van der Waals surface area (Å²) in [5.41, 5.74) is 1.05. The van der Waals surface area contributed by atoms with E-state index in [0.29, 0.717) is 30.0 Å². The molecule has 1 aromatic carbocycles. The Hall–Kier alpha value is -2.50. The zero-order valence-electron chi connectivity index (χ0n) is 11.8. The SMILES string of the molecule is C=C1C(=O)OC[C@H]1CCOC(=O)Nc1ccc(OC)cc1. The Bertz CT molecular complexity index is 537. The van der Waals surface area contributed by atoms with Crippen LogP contribution in [-0.2, 0) is 14.3 Å². The van der Waals surface area contributed by atoms with Crippen molar-refractivity contribution >= 4 is 17.7 Å². The largest absolute Gasteiger partial charge is 0.497 e. The first-order valence-electron chi connectivity index (χ1n) is 6.54. The first-order chi connectivity index (χ1) is 10.1. The fourth-order valence-electron chi connectivity index (χ4n) is 1.92. The van der Waals surface area contributed by atoms with E-state index >= 15 is 0 Å². The zero-order valence-corrected chi connectivity index (χ0v) is 11.8. The third-order valence-corrected chi connectivity index (χ3v) is 3.21. The van der Waals surface area contributed by atoms with E-state index in [9.17, 15) is 9.59 Å². The monoisotopic (exact) mass is 291 g/mol. The molecule has 1 aliphatic heterocycles. The summed E-state index contributed by atoms with van der Waals surface area (Å²) < 4.78 is 14.9. The molecule has 0 bridgehead atoms. The Kier molecular flexibility index (Phi) is 4.81. The van der Waals surface area contributed by atoms with Gasteiger partial charge < -0.3 is 14.2 Å². The fourth-order valence-corrected chi connectivity index (χ4v) is 1.92. The van der Waals surface area contributed by atoms with Crippen molar-refractivity contribution in [2.24, 2.45) is 5.92 Å². The van der Waals surface area contributed by atoms with Crippen molar-refractivity contribution in [3.63, 3.8) is 0 Å². The van der Waals surface area contributed by atoms with Gasteiger partial charge in [0.05, 0.1) is 20.3 Å². The highest BCUT2D eigenvalue weighted by molar-refractivity contribution is 5.90. The van der Waals surface area contributed by atoms with Crippen LogP contribution in [0.5, 0.6) is 5.75 Å². The molecule has 1 aromatic rings. The quantitative estimate of drug-likeness (QED) is 0.666. The second kappa shape index (κ2) is 6.78. The van der Waals surface area contributed by atoms with Crippen LogP contribution in [0.3, 0.4) is 0 Å². The average molecular weight is 291 g/mol. The van der Waals surface area contributed by atoms with E-state index < -0.39 is 6.09 Å². The predicted octanol–water partition coefficient (Wildman–Crippen LogP) is 2.36. The number of ether oxygens (including phenoxy) is 3. The van der Waals surface area contributed by atoms with Gasteiger partial charge in [-0.25, -0.2) is 9.59 Å². The number of hydrogen-bond donors (Lipinski definition) is 1. The molecule has 1 fully saturated rings. The molecule has 1 atom stereocenters. The number of anilines is 1. The molecule has 0 saturated carbocycles. The summed E-state index contributed by atoms with van der Waals surface area (Å²) in [6.07, 6.45) is -0.0309. The average Bonchev–Trinajstić information content (AvgIpc) is 2.80. The molecule has 0 spiro atoms. The Morgan fingerprint density at radius 2 is 2.14 bits per heavy atom. The molecule has 0 aromatic heterocycles. The van der Waals surface area contributed by atoms with Crippen molar-refractivity contribution in [3.8, 4) is 5.75 Å². The third kappa shape index (κ3) is 3.98. The smallest absolute Gasteiger partial charge is 0.411 e. The molecule has 21 heavy (non-hydrogen) atoms. The molecule has 1 heterocycles. The summed E-state index contributed by atoms with van der Waals surface area (Å²) in [4.78, 5) is 22.7. The minimum atomic E-state index is -0.545. The van der Waals surface area contributed by atoms with Crippen LogP contribution in [0, 0.1) is 5.92 Å². The Morgan fingerprint density at radius 3 is 2.71 bits per heavy atom. The predicted molar refractivity (Wildman–Crippen MR) is 76.2 cm³/mol. The summed E-state index contributed by atoms with van der Waals surface area (Å²) >= 11 is 0. The van der Waals surface area contributed by atoms with E-state index in [2.05, 4.69) is 11.9 Å². The molecule has 0 aliphatic carbocycles. The van der Waals surface area contributed by atoms with Gasteiger partial charge >= 0.3 is 12.1 Å². The molecular formula is C15H17NO5. The van der Waals surface area contributed by atoms with Gasteiger partial charge in [0.2, 0.25) is 0 Å². The number of carbonyl (C=O) groups is 2. The van der Waals surface area contributed by atoms with Crippen molar-refractivity contribution in [2.45, 2.75) is 6.42 Å². The molecule has 1 N–H and O–H groups in total. The third-order valence-electron chi connectivity index (χ3n) is 3.21. The lowest BCUT2D eigenvalue weighted by Crippen LogP contribution is -2.16. The first-order valence-corrected chi connectivity index (χ1v) is 6.54. The maximum Gasteiger partial charge on any atom is 0.411 e. The standard InChI is InChI=1S/C15H17NO5/c1-10-11(9-21-14(10)17)7-8-20-15(18)16-12-3-5-13(19-2)6-4-12/h3-6,11H,1,7-9H2,2H3,(H,16,18)/t11-/m1/s1. The number of benzene rings is 1. The number of amides is 1. The van der Waals surface area contributed by atoms with Crippen molar-refractivity contribution in [1.82, 2.24) is 0 Å². The first kappa shape index (κ1) is 14.9. The molecular weight excluding hydrogens is 274 g/mol. The molecule has 1 amide bonds. The van der Waals surface area contributed by atoms with Gasteiger partial charge in [-0.05, 0) is 30.7 Å². The Balaban J connectivity index is 1.72. The van der Waals surface area contributed by atoms with Gasteiger partial charge in [-0.1, -0.05) is 6.58 Å². The van der Waals surface area contributed by atoms with Crippen molar-refractivity contribution in [3.05, 3.63) is 36.4 Å². The second-order valence-electron chi connectivity index (χ2n) is 4.60. The van der Waals surface area contributed by atoms with Gasteiger partial charge in [-0.2, -0.15) is 0 Å². The molecule has 6 heteroatoms. The van der Waals surface area contributed by atoms with Gasteiger partial charge in [-0.15, -0.1) is 0 Å². The van der Waals surface area contributed by atoms with E-state index in [1.165, 1.54) is 0 Å². The molecule has 112 valence electrons. The zero-order chi connectivity index (χ0) is 15.2. The normalized spacial score (nSPS) is 17.3. The topological polar surface area (TPSA) is 73.9 Å². The fraction of sp³-hybridized carbons (Fsp3) is 0.333. The van der Waals surface area contributed by atoms with Crippen LogP contribution in [0.25, 0.3) is 0 Å². The van der Waals surface area contributed by atoms with Crippen LogP contribution in [0.2, 0.25) is 0 Å². The van der Waals surface area contributed by atoms with Gasteiger partial charge in [0.15, 0.2) is 0 Å².